The maximum absolute atomic E-state index is 13.7. The van der Waals surface area contributed by atoms with Gasteiger partial charge in [0.25, 0.3) is 11.5 Å². The van der Waals surface area contributed by atoms with E-state index in [1.165, 1.54) is 36.9 Å². The molecular formula is C19H22FN3O3. The third-order valence-electron chi connectivity index (χ3n) is 4.99. The zero-order valence-electron chi connectivity index (χ0n) is 14.9. The maximum atomic E-state index is 13.7. The first-order valence-corrected chi connectivity index (χ1v) is 8.73. The van der Waals surface area contributed by atoms with Crippen LogP contribution in [0.15, 0.2) is 39.9 Å². The topological polar surface area (TPSA) is 64.3 Å². The minimum Gasteiger partial charge on any atom is -0.330 e. The van der Waals surface area contributed by atoms with E-state index in [0.717, 1.165) is 29.4 Å². The smallest absolute Gasteiger partial charge is 0.330 e. The van der Waals surface area contributed by atoms with E-state index in [2.05, 4.69) is 0 Å². The first-order chi connectivity index (χ1) is 12.4. The van der Waals surface area contributed by atoms with Crippen molar-refractivity contribution in [2.45, 2.75) is 31.7 Å². The van der Waals surface area contributed by atoms with Crippen LogP contribution in [0, 0.1) is 5.82 Å². The van der Waals surface area contributed by atoms with Crippen LogP contribution in [0.25, 0.3) is 0 Å². The summed E-state index contributed by atoms with van der Waals surface area (Å²) in [5.41, 5.74) is -0.276. The molecule has 0 saturated carbocycles. The van der Waals surface area contributed by atoms with E-state index in [9.17, 15) is 18.8 Å². The third-order valence-corrected chi connectivity index (χ3v) is 4.99. The van der Waals surface area contributed by atoms with E-state index in [4.69, 9.17) is 0 Å². The summed E-state index contributed by atoms with van der Waals surface area (Å²) in [6, 6.07) is 7.17. The summed E-state index contributed by atoms with van der Waals surface area (Å²) in [6.07, 6.45) is 3.45. The molecule has 0 N–H and O–H groups in total. The molecule has 6 nitrogen and oxygen atoms in total. The molecule has 7 heteroatoms. The molecular weight excluding hydrogens is 337 g/mol. The molecule has 1 amide bonds. The summed E-state index contributed by atoms with van der Waals surface area (Å²) in [4.78, 5) is 39.0. The molecule has 0 bridgehead atoms. The van der Waals surface area contributed by atoms with Crippen LogP contribution in [0.5, 0.6) is 0 Å². The lowest BCUT2D eigenvalue weighted by Gasteiger charge is -2.31. The number of hydrogen-bond acceptors (Lipinski definition) is 3. The summed E-state index contributed by atoms with van der Waals surface area (Å²) < 4.78 is 15.8. The summed E-state index contributed by atoms with van der Waals surface area (Å²) in [6.45, 7) is 0.503. The van der Waals surface area contributed by atoms with Gasteiger partial charge in [-0.25, -0.2) is 9.18 Å². The molecule has 0 spiro atoms. The Kier molecular flexibility index (Phi) is 5.06. The van der Waals surface area contributed by atoms with Gasteiger partial charge in [0, 0.05) is 26.7 Å². The van der Waals surface area contributed by atoms with Gasteiger partial charge in [0.2, 0.25) is 0 Å². The number of hydrogen-bond donors (Lipinski definition) is 0. The van der Waals surface area contributed by atoms with Crippen LogP contribution in [0.3, 0.4) is 0 Å². The molecule has 0 radical (unpaired) electrons. The highest BCUT2D eigenvalue weighted by Gasteiger charge is 2.29. The van der Waals surface area contributed by atoms with Crippen molar-refractivity contribution >= 4 is 5.91 Å². The summed E-state index contributed by atoms with van der Waals surface area (Å²) in [5.74, 6) is -0.724. The van der Waals surface area contributed by atoms with Gasteiger partial charge in [-0.3, -0.25) is 18.7 Å². The average Bonchev–Trinajstić information content (AvgIpc) is 2.88. The van der Waals surface area contributed by atoms with E-state index >= 15 is 0 Å². The van der Waals surface area contributed by atoms with Crippen molar-refractivity contribution in [3.63, 3.8) is 0 Å². The largest absolute Gasteiger partial charge is 0.331 e. The fourth-order valence-corrected chi connectivity index (χ4v) is 3.50. The number of likely N-dealkylation sites (tertiary alicyclic amines) is 1. The predicted octanol–water partition coefficient (Wildman–Crippen LogP) is 1.98. The minimum atomic E-state index is -0.544. The van der Waals surface area contributed by atoms with Gasteiger partial charge in [-0.1, -0.05) is 25.0 Å². The Morgan fingerprint density at radius 2 is 1.85 bits per heavy atom. The Bertz CT molecular complexity index is 948. The fraction of sp³-hybridized carbons (Fsp3) is 0.421. The van der Waals surface area contributed by atoms with Crippen molar-refractivity contribution in [2.24, 2.45) is 14.1 Å². The van der Waals surface area contributed by atoms with Crippen LogP contribution >= 0.6 is 0 Å². The highest BCUT2D eigenvalue weighted by atomic mass is 19.1. The van der Waals surface area contributed by atoms with Gasteiger partial charge >= 0.3 is 5.69 Å². The summed E-state index contributed by atoms with van der Waals surface area (Å²) in [7, 11) is 2.85. The molecule has 1 unspecified atom stereocenters. The minimum absolute atomic E-state index is 0.0569. The highest BCUT2D eigenvalue weighted by Crippen LogP contribution is 2.31. The van der Waals surface area contributed by atoms with Gasteiger partial charge in [0.15, 0.2) is 0 Å². The summed E-state index contributed by atoms with van der Waals surface area (Å²) in [5, 5.41) is 0. The number of amides is 1. The second-order valence-electron chi connectivity index (χ2n) is 6.69. The van der Waals surface area contributed by atoms with Gasteiger partial charge in [0.05, 0.1) is 6.04 Å². The molecule has 26 heavy (non-hydrogen) atoms. The van der Waals surface area contributed by atoms with E-state index in [-0.39, 0.29) is 23.5 Å². The van der Waals surface area contributed by atoms with Gasteiger partial charge in [-0.15, -0.1) is 0 Å². The van der Waals surface area contributed by atoms with Crippen molar-refractivity contribution in [2.75, 3.05) is 6.54 Å². The summed E-state index contributed by atoms with van der Waals surface area (Å²) >= 11 is 0. The SMILES string of the molecule is Cn1c(C(=O)N2CCCCCC2c2cccc(F)c2)cc(=O)n(C)c1=O. The van der Waals surface area contributed by atoms with Gasteiger partial charge in [-0.2, -0.15) is 0 Å². The molecule has 2 aromatic rings. The lowest BCUT2D eigenvalue weighted by atomic mass is 10.0. The van der Waals surface area contributed by atoms with Crippen LogP contribution in [0.2, 0.25) is 0 Å². The van der Waals surface area contributed by atoms with Crippen LogP contribution in [-0.2, 0) is 14.1 Å². The van der Waals surface area contributed by atoms with E-state index < -0.39 is 11.2 Å². The van der Waals surface area contributed by atoms with Gasteiger partial charge in [0.1, 0.15) is 11.5 Å². The molecule has 1 fully saturated rings. The molecule has 1 aliphatic rings. The second kappa shape index (κ2) is 7.27. The normalized spacial score (nSPS) is 17.8. The van der Waals surface area contributed by atoms with Crippen LogP contribution in [-0.4, -0.2) is 26.5 Å². The molecule has 1 aromatic carbocycles. The molecule has 138 valence electrons. The van der Waals surface area contributed by atoms with Gasteiger partial charge in [-0.05, 0) is 30.5 Å². The molecule has 1 atom stereocenters. The number of benzene rings is 1. The number of aromatic nitrogens is 2. The van der Waals surface area contributed by atoms with E-state index in [1.54, 1.807) is 11.0 Å². The van der Waals surface area contributed by atoms with Crippen LogP contribution < -0.4 is 11.2 Å². The average molecular weight is 359 g/mol. The maximum Gasteiger partial charge on any atom is 0.331 e. The van der Waals surface area contributed by atoms with E-state index in [1.807, 2.05) is 6.07 Å². The first-order valence-electron chi connectivity index (χ1n) is 8.73. The van der Waals surface area contributed by atoms with Crippen molar-refractivity contribution in [3.05, 3.63) is 68.2 Å². The third kappa shape index (κ3) is 3.34. The zero-order chi connectivity index (χ0) is 18.8. The number of rotatable bonds is 2. The quantitative estimate of drug-likeness (QED) is 0.824. The van der Waals surface area contributed by atoms with Crippen molar-refractivity contribution in [1.29, 1.82) is 0 Å². The Labute approximate surface area is 150 Å². The van der Waals surface area contributed by atoms with Crippen LogP contribution in [0.4, 0.5) is 4.39 Å². The van der Waals surface area contributed by atoms with Crippen molar-refractivity contribution < 1.29 is 9.18 Å². The monoisotopic (exact) mass is 359 g/mol. The molecule has 3 rings (SSSR count). The fourth-order valence-electron chi connectivity index (χ4n) is 3.50. The van der Waals surface area contributed by atoms with Crippen molar-refractivity contribution in [1.82, 2.24) is 14.0 Å². The lowest BCUT2D eigenvalue weighted by Crippen LogP contribution is -2.43. The first kappa shape index (κ1) is 18.1. The van der Waals surface area contributed by atoms with E-state index in [0.29, 0.717) is 13.0 Å². The standard InChI is InChI=1S/C19H22FN3O3/c1-21-16(12-17(24)22(2)19(21)26)18(25)23-10-5-3-4-9-15(23)13-7-6-8-14(20)11-13/h6-8,11-12,15H,3-5,9-10H2,1-2H3. The number of carbonyl (C=O) groups is 1. The Morgan fingerprint density at radius 1 is 1.08 bits per heavy atom. The Balaban J connectivity index is 2.05. The number of halogens is 1. The van der Waals surface area contributed by atoms with Crippen molar-refractivity contribution in [3.8, 4) is 0 Å². The second-order valence-corrected chi connectivity index (χ2v) is 6.69. The Morgan fingerprint density at radius 3 is 2.58 bits per heavy atom. The Hall–Kier alpha value is -2.70. The van der Waals surface area contributed by atoms with Crippen LogP contribution in [0.1, 0.15) is 47.8 Å². The van der Waals surface area contributed by atoms with Gasteiger partial charge < -0.3 is 4.90 Å². The number of nitrogens with zero attached hydrogens (tertiary/aromatic N) is 3. The predicted molar refractivity (Wildman–Crippen MR) is 95.6 cm³/mol. The molecule has 1 aliphatic heterocycles. The molecule has 1 aromatic heterocycles. The number of carbonyl (C=O) groups excluding carboxylic acids is 1. The molecule has 1 saturated heterocycles. The highest BCUT2D eigenvalue weighted by molar-refractivity contribution is 5.92. The lowest BCUT2D eigenvalue weighted by molar-refractivity contribution is 0.0668. The molecule has 2 heterocycles. The molecule has 0 aliphatic carbocycles. The zero-order valence-corrected chi connectivity index (χ0v) is 14.9.